The van der Waals surface area contributed by atoms with Crippen LogP contribution in [0.15, 0.2) is 35.4 Å². The number of carboxylic acid groups (broad SMARTS) is 1. The number of pyridine rings is 1. The zero-order valence-electron chi connectivity index (χ0n) is 49.5. The van der Waals surface area contributed by atoms with Gasteiger partial charge in [0, 0.05) is 94.0 Å². The first-order chi connectivity index (χ1) is 40.0. The fourth-order valence-electron chi connectivity index (χ4n) is 8.54. The third-order valence-electron chi connectivity index (χ3n) is 12.6. The molecule has 0 bridgehead atoms. The van der Waals surface area contributed by atoms with Crippen molar-refractivity contribution >= 4 is 82.7 Å². The molecule has 0 saturated carbocycles. The number of nitrogens with zero attached hydrogens (tertiary/aromatic N) is 3. The molecule has 0 spiro atoms. The number of urea groups is 1. The third kappa shape index (κ3) is 24.4. The summed E-state index contributed by atoms with van der Waals surface area (Å²) in [6, 6.07) is -0.334. The summed E-state index contributed by atoms with van der Waals surface area (Å²) < 4.78 is 30.0. The number of aliphatic hydroxyl groups is 1. The fraction of sp³-hybridized carbons (Fsp3) is 0.536. The Balaban J connectivity index is 0.000000702. The fourth-order valence-corrected chi connectivity index (χ4v) is 8.54. The Hall–Kier alpha value is -7.11. The quantitative estimate of drug-likeness (QED) is 0.0237. The number of ether oxygens (including phenoxy) is 3. The van der Waals surface area contributed by atoms with Gasteiger partial charge in [0.05, 0.1) is 75.4 Å². The Labute approximate surface area is 518 Å². The maximum atomic E-state index is 14.7. The van der Waals surface area contributed by atoms with Gasteiger partial charge >= 0.3 is 12.0 Å². The van der Waals surface area contributed by atoms with Crippen molar-refractivity contribution in [2.75, 3.05) is 79.5 Å². The first-order valence-electron chi connectivity index (χ1n) is 27.4. The van der Waals surface area contributed by atoms with Crippen LogP contribution in [0.25, 0.3) is 22.3 Å². The van der Waals surface area contributed by atoms with Crippen LogP contribution in [-0.4, -0.2) is 177 Å². The van der Waals surface area contributed by atoms with E-state index in [1.807, 2.05) is 31.9 Å². The number of carbonyl (C=O) groups is 11. The number of halogens is 1. The average Bonchev–Trinajstić information content (AvgIpc) is 3.09. The first-order valence-corrected chi connectivity index (χ1v) is 27.4. The molecule has 1 aromatic carbocycles. The van der Waals surface area contributed by atoms with E-state index in [4.69, 9.17) is 45.7 Å². The second kappa shape index (κ2) is 40.3. The summed E-state index contributed by atoms with van der Waals surface area (Å²) >= 11 is 0. The molecule has 4 heterocycles. The smallest absolute Gasteiger partial charge is 0.313 e. The van der Waals surface area contributed by atoms with Gasteiger partial charge in [-0.05, 0) is 60.4 Å². The average molecular weight is 1270 g/mol. The van der Waals surface area contributed by atoms with Crippen molar-refractivity contribution in [3.8, 4) is 0 Å². The van der Waals surface area contributed by atoms with Gasteiger partial charge in [-0.1, -0.05) is 54.4 Å². The normalized spacial score (nSPS) is 16.0. The number of aldehydes is 1. The number of fused-ring (bicyclic) bond motifs is 2. The summed E-state index contributed by atoms with van der Waals surface area (Å²) in [5.41, 5.74) is 20.1. The van der Waals surface area contributed by atoms with Crippen molar-refractivity contribution in [2.45, 2.75) is 106 Å². The Morgan fingerprint density at radius 2 is 1.52 bits per heavy atom. The predicted octanol–water partition coefficient (Wildman–Crippen LogP) is 1.66. The Bertz CT molecular complexity index is 2740. The molecule has 0 fully saturated rings. The number of nitrogens with one attached hydrogen (secondary N) is 7. The molecule has 6 rings (SSSR count). The van der Waals surface area contributed by atoms with Gasteiger partial charge in [-0.25, -0.2) is 14.2 Å². The summed E-state index contributed by atoms with van der Waals surface area (Å²) in [4.78, 5) is 133. The molecule has 3 unspecified atom stereocenters. The van der Waals surface area contributed by atoms with Crippen molar-refractivity contribution in [2.24, 2.45) is 17.6 Å². The maximum Gasteiger partial charge on any atom is 0.313 e. The molecule has 9 amide bonds. The van der Waals surface area contributed by atoms with Gasteiger partial charge in [0.1, 0.15) is 31.5 Å². The number of hydrogen-bond donors (Lipinski definition) is 9. The topological polar surface area (TPSA) is 397 Å². The molecular formula is C56H81FN11O16Y-. The second-order valence-electron chi connectivity index (χ2n) is 19.4. The van der Waals surface area contributed by atoms with Crippen LogP contribution in [0.3, 0.4) is 0 Å². The number of amides is 9. The van der Waals surface area contributed by atoms with E-state index in [1.165, 1.54) is 12.5 Å². The number of carbonyl (C=O) groups excluding carboxylic acids is 10. The number of cyclic esters (lactones) is 1. The molecule has 1 aliphatic carbocycles. The van der Waals surface area contributed by atoms with E-state index in [1.54, 1.807) is 20.8 Å². The van der Waals surface area contributed by atoms with E-state index < -0.39 is 71.9 Å². The molecule has 2 aromatic rings. The van der Waals surface area contributed by atoms with Gasteiger partial charge < -0.3 is 72.7 Å². The number of hydrogen-bond acceptors (Lipinski definition) is 17. The standard InChI is InChI=1S/C25H25FN3O3.C23H36N6O10.C4H10N2O.C3H8.CH2O2.Y/c1-4-14-16(13(10-30)11-32-25(14)31)7-21-24-17(9-29(21)3)22-19(27)6-5-15-12(2)18(26)8-20(28-24)23(15)22;1-15(2)22(23(37)26-12-18(33)27-14-39-10-7-30)28-19(34)13-25-17(32)11-24-16(31)5-8-38-9-6-29-20(35)3-4-21(29)36;1-2-3-6-4(5)7;1-3-2;2-1-3;/h7-8,10,14,19,27H,4-6,9,11H2,1-3H3;3-4,15,22,30H,5-14H2,1-2H3,(H,24,31)(H,25,32)(H,26,37)(H,27,33)(H,28,34);2-3H2,1H3,(H3,5,6,7);3H2,1-2H3;1H,(H,2,3);/q-1;;;;;/b21-7-;;;;;. The molecule has 1 radical (unpaired) electrons. The summed E-state index contributed by atoms with van der Waals surface area (Å²) in [6.07, 6.45) is 8.90. The second-order valence-corrected chi connectivity index (χ2v) is 19.4. The van der Waals surface area contributed by atoms with Gasteiger partial charge in [-0.3, -0.25) is 52.8 Å². The summed E-state index contributed by atoms with van der Waals surface area (Å²) in [6.45, 7) is 12.9. The number of aryl methyl sites for hydroxylation is 1. The minimum atomic E-state index is -0.967. The number of allylic oxidation sites excluding steroid dienone is 1. The summed E-state index contributed by atoms with van der Waals surface area (Å²) in [5.74, 6) is -5.18. The molecule has 3 aliphatic heterocycles. The van der Waals surface area contributed by atoms with Crippen molar-refractivity contribution in [1.29, 1.82) is 0 Å². The number of rotatable bonds is 24. The molecule has 27 nitrogen and oxygen atoms in total. The number of aromatic nitrogens is 1. The zero-order valence-corrected chi connectivity index (χ0v) is 52.3. The van der Waals surface area contributed by atoms with Crippen LogP contribution in [0, 0.1) is 24.6 Å². The number of nitrogens with two attached hydrogens (primary N) is 1. The van der Waals surface area contributed by atoms with E-state index >= 15 is 0 Å². The molecule has 4 aliphatic rings. The van der Waals surface area contributed by atoms with Crippen LogP contribution in [0.5, 0.6) is 0 Å². The van der Waals surface area contributed by atoms with E-state index in [2.05, 4.69) is 45.7 Å². The van der Waals surface area contributed by atoms with E-state index in [-0.39, 0.29) is 123 Å². The molecule has 467 valence electrons. The minimum absolute atomic E-state index is 0. The number of esters is 1. The molecule has 1 aromatic heterocycles. The van der Waals surface area contributed by atoms with Crippen LogP contribution >= 0.6 is 0 Å². The van der Waals surface area contributed by atoms with Crippen molar-refractivity contribution in [3.63, 3.8) is 0 Å². The SMILES string of the molecule is CC(C)C(NC(=O)CNC(=O)CNC(=O)CCOCCN1C(=O)C=CC1=O)C(=O)NCC(=O)NCOCCO.CCC.CCC1C(=O)OCC(C=O)=C1/C=C1/c2nc3cc(F)c(C)c4c3c(c2CN1C)C([NH-])CC4.CCCNC(N)=O.O=CO.[Y]. The zero-order chi connectivity index (χ0) is 63.1. The predicted molar refractivity (Wildman–Crippen MR) is 305 cm³/mol. The van der Waals surface area contributed by atoms with Gasteiger partial charge in [0.25, 0.3) is 18.3 Å². The monoisotopic (exact) mass is 1270 g/mol. The van der Waals surface area contributed by atoms with E-state index in [9.17, 15) is 52.3 Å². The van der Waals surface area contributed by atoms with Gasteiger partial charge in [0.2, 0.25) is 29.5 Å². The Morgan fingerprint density at radius 1 is 0.906 bits per heavy atom. The summed E-state index contributed by atoms with van der Waals surface area (Å²) in [7, 11) is 1.93. The first kappa shape index (κ1) is 75.9. The molecular weight excluding hydrogens is 1190 g/mol. The molecule has 0 saturated heterocycles. The van der Waals surface area contributed by atoms with Crippen molar-refractivity contribution in [3.05, 3.63) is 74.9 Å². The minimum Gasteiger partial charge on any atom is -0.671 e. The van der Waals surface area contributed by atoms with Gasteiger partial charge in [-0.15, -0.1) is 6.04 Å². The molecule has 11 N–H and O–H groups in total. The molecule has 85 heavy (non-hydrogen) atoms. The van der Waals surface area contributed by atoms with E-state index in [0.29, 0.717) is 60.3 Å². The van der Waals surface area contributed by atoms with Crippen LogP contribution in [0.2, 0.25) is 0 Å². The number of primary amides is 1. The Kier molecular flexibility index (Phi) is 35.9. The van der Waals surface area contributed by atoms with E-state index in [0.717, 1.165) is 57.5 Å². The number of aliphatic hydroxyl groups excluding tert-OH is 1. The van der Waals surface area contributed by atoms with Crippen molar-refractivity contribution < 1.29 is 114 Å². The van der Waals surface area contributed by atoms with Gasteiger partial charge in [0.15, 0.2) is 0 Å². The van der Waals surface area contributed by atoms with Crippen molar-refractivity contribution in [1.82, 2.24) is 46.7 Å². The largest absolute Gasteiger partial charge is 0.671 e. The summed E-state index contributed by atoms with van der Waals surface area (Å²) in [5, 5.41) is 30.8. The third-order valence-corrected chi connectivity index (χ3v) is 12.6. The maximum absolute atomic E-state index is 14.7. The van der Waals surface area contributed by atoms with Crippen LogP contribution in [0.4, 0.5) is 9.18 Å². The van der Waals surface area contributed by atoms with Crippen LogP contribution < -0.4 is 37.6 Å². The molecule has 29 heteroatoms. The Morgan fingerprint density at radius 3 is 2.09 bits per heavy atom. The number of benzene rings is 1. The van der Waals surface area contributed by atoms with Gasteiger partial charge in [-0.2, -0.15) is 0 Å². The molecule has 3 atom stereocenters. The van der Waals surface area contributed by atoms with Crippen LogP contribution in [-0.2, 0) is 108 Å². The van der Waals surface area contributed by atoms with Crippen LogP contribution in [0.1, 0.15) is 108 Å². The number of imide groups is 1.